The van der Waals surface area contributed by atoms with Gasteiger partial charge in [-0.2, -0.15) is 0 Å². The van der Waals surface area contributed by atoms with E-state index in [1.54, 1.807) is 12.1 Å². The average Bonchev–Trinajstić information content (AvgIpc) is 2.35. The lowest BCUT2D eigenvalue weighted by Gasteiger charge is -2.16. The Kier molecular flexibility index (Phi) is 4.05. The Morgan fingerprint density at radius 2 is 2.00 bits per heavy atom. The lowest BCUT2D eigenvalue weighted by atomic mass is 9.96. The molecule has 0 aliphatic rings. The number of hydrogen-bond acceptors (Lipinski definition) is 1. The van der Waals surface area contributed by atoms with Crippen LogP contribution in [-0.4, -0.2) is 0 Å². The second kappa shape index (κ2) is 5.39. The van der Waals surface area contributed by atoms with Gasteiger partial charge in [-0.15, -0.1) is 0 Å². The van der Waals surface area contributed by atoms with Crippen molar-refractivity contribution in [2.75, 3.05) is 0 Å². The molecule has 18 heavy (non-hydrogen) atoms. The summed E-state index contributed by atoms with van der Waals surface area (Å²) >= 11 is 9.24. The summed E-state index contributed by atoms with van der Waals surface area (Å²) in [7, 11) is 0. The molecule has 2 aromatic carbocycles. The van der Waals surface area contributed by atoms with Crippen LogP contribution in [0.1, 0.15) is 22.7 Å². The van der Waals surface area contributed by atoms with Crippen LogP contribution in [0.5, 0.6) is 0 Å². The monoisotopic (exact) mass is 327 g/mol. The molecule has 0 saturated carbocycles. The van der Waals surface area contributed by atoms with Gasteiger partial charge in [0.15, 0.2) is 0 Å². The van der Waals surface area contributed by atoms with Crippen molar-refractivity contribution in [1.82, 2.24) is 0 Å². The fourth-order valence-electron chi connectivity index (χ4n) is 1.85. The molecular formula is C14H12BrClFN. The standard InChI is InChI=1S/C14H12BrClFN/c1-8-10(3-2-4-12(8)16)14(18)9-5-6-13(17)11(15)7-9/h2-7,14H,18H2,1H3. The van der Waals surface area contributed by atoms with E-state index in [1.165, 1.54) is 6.07 Å². The molecule has 0 heterocycles. The lowest BCUT2D eigenvalue weighted by molar-refractivity contribution is 0.619. The fourth-order valence-corrected chi connectivity index (χ4v) is 2.42. The maximum atomic E-state index is 13.2. The topological polar surface area (TPSA) is 26.0 Å². The maximum Gasteiger partial charge on any atom is 0.137 e. The molecule has 1 unspecified atom stereocenters. The first-order chi connectivity index (χ1) is 8.50. The minimum Gasteiger partial charge on any atom is -0.320 e. The van der Waals surface area contributed by atoms with Crippen LogP contribution in [0.25, 0.3) is 0 Å². The van der Waals surface area contributed by atoms with Crippen molar-refractivity contribution in [2.45, 2.75) is 13.0 Å². The van der Waals surface area contributed by atoms with Gasteiger partial charge in [0.05, 0.1) is 10.5 Å². The second-order valence-corrected chi connectivity index (χ2v) is 5.37. The first-order valence-electron chi connectivity index (χ1n) is 5.46. The van der Waals surface area contributed by atoms with E-state index in [2.05, 4.69) is 15.9 Å². The van der Waals surface area contributed by atoms with Gasteiger partial charge in [0.1, 0.15) is 5.82 Å². The van der Waals surface area contributed by atoms with Crippen molar-refractivity contribution in [2.24, 2.45) is 5.73 Å². The maximum absolute atomic E-state index is 13.2. The van der Waals surface area contributed by atoms with E-state index in [-0.39, 0.29) is 11.9 Å². The van der Waals surface area contributed by atoms with Crippen LogP contribution in [0.2, 0.25) is 5.02 Å². The van der Waals surface area contributed by atoms with E-state index in [0.717, 1.165) is 16.7 Å². The highest BCUT2D eigenvalue weighted by Crippen LogP contribution is 2.29. The van der Waals surface area contributed by atoms with Crippen molar-refractivity contribution in [3.05, 3.63) is 68.4 Å². The van der Waals surface area contributed by atoms with Crippen LogP contribution in [0, 0.1) is 12.7 Å². The molecule has 0 amide bonds. The third kappa shape index (κ3) is 2.58. The Balaban J connectivity index is 2.44. The Morgan fingerprint density at radius 3 is 2.67 bits per heavy atom. The van der Waals surface area contributed by atoms with Crippen molar-refractivity contribution in [3.63, 3.8) is 0 Å². The van der Waals surface area contributed by atoms with Crippen LogP contribution in [0.15, 0.2) is 40.9 Å². The van der Waals surface area contributed by atoms with Crippen LogP contribution in [-0.2, 0) is 0 Å². The second-order valence-electron chi connectivity index (χ2n) is 4.11. The lowest BCUT2D eigenvalue weighted by Crippen LogP contribution is -2.13. The number of halogens is 3. The molecule has 0 saturated heterocycles. The third-order valence-corrected chi connectivity index (χ3v) is 3.96. The molecule has 4 heteroatoms. The third-order valence-electron chi connectivity index (χ3n) is 2.95. The summed E-state index contributed by atoms with van der Waals surface area (Å²) in [6.07, 6.45) is 0. The highest BCUT2D eigenvalue weighted by molar-refractivity contribution is 9.10. The van der Waals surface area contributed by atoms with Crippen molar-refractivity contribution in [1.29, 1.82) is 0 Å². The quantitative estimate of drug-likeness (QED) is 0.856. The van der Waals surface area contributed by atoms with E-state index in [0.29, 0.717) is 9.50 Å². The zero-order chi connectivity index (χ0) is 13.3. The molecular weight excluding hydrogens is 317 g/mol. The average molecular weight is 329 g/mol. The predicted molar refractivity (Wildman–Crippen MR) is 76.3 cm³/mol. The molecule has 2 N–H and O–H groups in total. The molecule has 0 radical (unpaired) electrons. The summed E-state index contributed by atoms with van der Waals surface area (Å²) in [5.74, 6) is -0.297. The number of nitrogens with two attached hydrogens (primary N) is 1. The minimum atomic E-state index is -0.319. The normalized spacial score (nSPS) is 12.5. The van der Waals surface area contributed by atoms with Gasteiger partial charge in [-0.3, -0.25) is 0 Å². The highest BCUT2D eigenvalue weighted by Gasteiger charge is 2.14. The SMILES string of the molecule is Cc1c(Cl)cccc1C(N)c1ccc(F)c(Br)c1. The summed E-state index contributed by atoms with van der Waals surface area (Å²) in [5, 5.41) is 0.684. The molecule has 1 nitrogen and oxygen atoms in total. The zero-order valence-corrected chi connectivity index (χ0v) is 12.1. The summed E-state index contributed by atoms with van der Waals surface area (Å²) in [4.78, 5) is 0. The van der Waals surface area contributed by atoms with E-state index in [1.807, 2.05) is 25.1 Å². The highest BCUT2D eigenvalue weighted by atomic mass is 79.9. The van der Waals surface area contributed by atoms with Crippen LogP contribution < -0.4 is 5.73 Å². The molecule has 0 spiro atoms. The smallest absolute Gasteiger partial charge is 0.137 e. The van der Waals surface area contributed by atoms with Crippen molar-refractivity contribution in [3.8, 4) is 0 Å². The van der Waals surface area contributed by atoms with E-state index >= 15 is 0 Å². The van der Waals surface area contributed by atoms with Crippen molar-refractivity contribution < 1.29 is 4.39 Å². The van der Waals surface area contributed by atoms with Crippen molar-refractivity contribution >= 4 is 27.5 Å². The van der Waals surface area contributed by atoms with Gasteiger partial charge in [0.25, 0.3) is 0 Å². The van der Waals surface area contributed by atoms with Gasteiger partial charge >= 0.3 is 0 Å². The molecule has 2 aromatic rings. The predicted octanol–water partition coefficient (Wildman–Crippen LogP) is 4.60. The molecule has 0 aromatic heterocycles. The van der Waals surface area contributed by atoms with Gasteiger partial charge in [0.2, 0.25) is 0 Å². The van der Waals surface area contributed by atoms with E-state index in [4.69, 9.17) is 17.3 Å². The van der Waals surface area contributed by atoms with Crippen LogP contribution >= 0.6 is 27.5 Å². The summed E-state index contributed by atoms with van der Waals surface area (Å²) in [6, 6.07) is 10.1. The number of rotatable bonds is 2. The number of benzene rings is 2. The zero-order valence-electron chi connectivity index (χ0n) is 9.75. The first kappa shape index (κ1) is 13.5. The summed E-state index contributed by atoms with van der Waals surface area (Å²) in [6.45, 7) is 1.93. The number of hydrogen-bond donors (Lipinski definition) is 1. The summed E-state index contributed by atoms with van der Waals surface area (Å²) < 4.78 is 13.6. The Hall–Kier alpha value is -0.900. The molecule has 2 rings (SSSR count). The van der Waals surface area contributed by atoms with E-state index < -0.39 is 0 Å². The van der Waals surface area contributed by atoms with Crippen LogP contribution in [0.4, 0.5) is 4.39 Å². The van der Waals surface area contributed by atoms with Gasteiger partial charge in [-0.05, 0) is 57.7 Å². The Bertz CT molecular complexity index is 586. The van der Waals surface area contributed by atoms with Crippen LogP contribution in [0.3, 0.4) is 0 Å². The largest absolute Gasteiger partial charge is 0.320 e. The fraction of sp³-hybridized carbons (Fsp3) is 0.143. The van der Waals surface area contributed by atoms with E-state index in [9.17, 15) is 4.39 Å². The summed E-state index contributed by atoms with van der Waals surface area (Å²) in [5.41, 5.74) is 8.94. The van der Waals surface area contributed by atoms with Gasteiger partial charge in [-0.1, -0.05) is 29.8 Å². The molecule has 0 bridgehead atoms. The van der Waals surface area contributed by atoms with Gasteiger partial charge in [-0.25, -0.2) is 4.39 Å². The Morgan fingerprint density at radius 1 is 1.28 bits per heavy atom. The molecule has 0 aliphatic heterocycles. The molecule has 0 aliphatic carbocycles. The Labute approximate surface area is 119 Å². The van der Waals surface area contributed by atoms with Gasteiger partial charge < -0.3 is 5.73 Å². The molecule has 94 valence electrons. The minimum absolute atomic E-state index is 0.297. The van der Waals surface area contributed by atoms with Gasteiger partial charge in [0, 0.05) is 5.02 Å². The molecule has 1 atom stereocenters. The first-order valence-corrected chi connectivity index (χ1v) is 6.63. The molecule has 0 fully saturated rings.